The molecule has 1 amide bonds. The first-order valence-electron chi connectivity index (χ1n) is 6.39. The lowest BCUT2D eigenvalue weighted by Gasteiger charge is -2.32. The predicted octanol–water partition coefficient (Wildman–Crippen LogP) is 1.77. The van der Waals surface area contributed by atoms with E-state index in [9.17, 15) is 4.79 Å². The Kier molecular flexibility index (Phi) is 4.82. The number of hydrogen-bond donors (Lipinski definition) is 0. The van der Waals surface area contributed by atoms with Crippen molar-refractivity contribution in [3.8, 4) is 5.75 Å². The Hall–Kier alpha value is -1.07. The van der Waals surface area contributed by atoms with E-state index in [2.05, 4.69) is 27.9 Å². The Morgan fingerprint density at radius 2 is 2.00 bits per heavy atom. The Morgan fingerprint density at radius 1 is 1.32 bits per heavy atom. The molecule has 0 saturated carbocycles. The second kappa shape index (κ2) is 6.39. The van der Waals surface area contributed by atoms with Crippen molar-refractivity contribution in [1.29, 1.82) is 0 Å². The zero-order valence-corrected chi connectivity index (χ0v) is 12.9. The first-order valence-corrected chi connectivity index (χ1v) is 7.18. The number of carbonyl (C=O) groups excluding carboxylic acids is 1. The third-order valence-corrected chi connectivity index (χ3v) is 4.05. The van der Waals surface area contributed by atoms with Crippen LogP contribution in [-0.2, 0) is 11.2 Å². The summed E-state index contributed by atoms with van der Waals surface area (Å²) < 4.78 is 6.07. The Labute approximate surface area is 122 Å². The van der Waals surface area contributed by atoms with Crippen molar-refractivity contribution < 1.29 is 9.53 Å². The Balaban J connectivity index is 1.97. The fraction of sp³-hybridized carbons (Fsp3) is 0.500. The maximum Gasteiger partial charge on any atom is 0.227 e. The lowest BCUT2D eigenvalue weighted by atomic mass is 10.1. The summed E-state index contributed by atoms with van der Waals surface area (Å²) in [7, 11) is 3.72. The molecule has 1 heterocycles. The van der Waals surface area contributed by atoms with Crippen LogP contribution in [0.5, 0.6) is 5.75 Å². The molecule has 0 unspecified atom stereocenters. The Morgan fingerprint density at radius 3 is 2.58 bits per heavy atom. The summed E-state index contributed by atoms with van der Waals surface area (Å²) in [4.78, 5) is 16.4. The van der Waals surface area contributed by atoms with Gasteiger partial charge in [0, 0.05) is 26.2 Å². The van der Waals surface area contributed by atoms with E-state index in [1.54, 1.807) is 7.11 Å². The molecule has 2 rings (SSSR count). The van der Waals surface area contributed by atoms with Gasteiger partial charge in [-0.25, -0.2) is 0 Å². The van der Waals surface area contributed by atoms with Gasteiger partial charge in [0.05, 0.1) is 18.0 Å². The average Bonchev–Trinajstić information content (AvgIpc) is 2.39. The summed E-state index contributed by atoms with van der Waals surface area (Å²) in [5.41, 5.74) is 1.01. The normalized spacial score (nSPS) is 16.5. The molecule has 0 aliphatic carbocycles. The van der Waals surface area contributed by atoms with Gasteiger partial charge >= 0.3 is 0 Å². The largest absolute Gasteiger partial charge is 0.496 e. The smallest absolute Gasteiger partial charge is 0.227 e. The minimum absolute atomic E-state index is 0.199. The van der Waals surface area contributed by atoms with Crippen LogP contribution >= 0.6 is 15.9 Å². The van der Waals surface area contributed by atoms with Crippen molar-refractivity contribution in [2.45, 2.75) is 6.42 Å². The van der Waals surface area contributed by atoms with E-state index >= 15 is 0 Å². The Bertz CT molecular complexity index is 457. The van der Waals surface area contributed by atoms with E-state index in [1.807, 2.05) is 23.1 Å². The molecule has 1 fully saturated rings. The number of amides is 1. The molecule has 1 aromatic carbocycles. The van der Waals surface area contributed by atoms with Crippen LogP contribution in [0.1, 0.15) is 5.56 Å². The second-order valence-corrected chi connectivity index (χ2v) is 5.68. The molecule has 1 aliphatic heterocycles. The summed E-state index contributed by atoms with van der Waals surface area (Å²) in [5.74, 6) is 0.987. The summed E-state index contributed by atoms with van der Waals surface area (Å²) in [6.45, 7) is 3.56. The van der Waals surface area contributed by atoms with Crippen molar-refractivity contribution in [3.05, 3.63) is 28.2 Å². The third-order valence-electron chi connectivity index (χ3n) is 3.43. The zero-order chi connectivity index (χ0) is 13.8. The van der Waals surface area contributed by atoms with Crippen molar-refractivity contribution in [2.24, 2.45) is 0 Å². The number of hydrogen-bond acceptors (Lipinski definition) is 3. The first-order chi connectivity index (χ1) is 9.10. The molecule has 104 valence electrons. The molecule has 1 aliphatic rings. The van der Waals surface area contributed by atoms with Crippen LogP contribution in [0, 0.1) is 0 Å². The highest BCUT2D eigenvalue weighted by Crippen LogP contribution is 2.25. The van der Waals surface area contributed by atoms with Crippen LogP contribution in [0.2, 0.25) is 0 Å². The number of nitrogens with zero attached hydrogens (tertiary/aromatic N) is 2. The SMILES string of the molecule is COc1ccc(CC(=O)N2CCN(C)CC2)cc1Br. The number of halogens is 1. The first kappa shape index (κ1) is 14.3. The van der Waals surface area contributed by atoms with E-state index in [0.29, 0.717) is 6.42 Å². The fourth-order valence-electron chi connectivity index (χ4n) is 2.16. The van der Waals surface area contributed by atoms with Gasteiger partial charge in [-0.3, -0.25) is 4.79 Å². The molecule has 19 heavy (non-hydrogen) atoms. The number of likely N-dealkylation sites (N-methyl/N-ethyl adjacent to an activating group) is 1. The average molecular weight is 327 g/mol. The van der Waals surface area contributed by atoms with Crippen LogP contribution in [0.25, 0.3) is 0 Å². The fourth-order valence-corrected chi connectivity index (χ4v) is 2.75. The van der Waals surface area contributed by atoms with Gasteiger partial charge in [0.2, 0.25) is 5.91 Å². The van der Waals surface area contributed by atoms with Gasteiger partial charge < -0.3 is 14.5 Å². The van der Waals surface area contributed by atoms with Crippen LogP contribution in [-0.4, -0.2) is 56.0 Å². The highest BCUT2D eigenvalue weighted by molar-refractivity contribution is 9.10. The molecule has 0 spiro atoms. The van der Waals surface area contributed by atoms with Gasteiger partial charge in [0.25, 0.3) is 0 Å². The third kappa shape index (κ3) is 3.70. The van der Waals surface area contributed by atoms with Gasteiger partial charge in [0.1, 0.15) is 5.75 Å². The monoisotopic (exact) mass is 326 g/mol. The number of rotatable bonds is 3. The maximum atomic E-state index is 12.2. The second-order valence-electron chi connectivity index (χ2n) is 4.83. The van der Waals surface area contributed by atoms with Gasteiger partial charge in [-0.2, -0.15) is 0 Å². The van der Waals surface area contributed by atoms with Crippen LogP contribution < -0.4 is 4.74 Å². The predicted molar refractivity (Wildman–Crippen MR) is 78.5 cm³/mol. The standard InChI is InChI=1S/C14H19BrN2O2/c1-16-5-7-17(8-6-16)14(18)10-11-3-4-13(19-2)12(15)9-11/h3-4,9H,5-8,10H2,1-2H3. The number of ether oxygens (including phenoxy) is 1. The molecule has 0 bridgehead atoms. The zero-order valence-electron chi connectivity index (χ0n) is 11.4. The van der Waals surface area contributed by atoms with Gasteiger partial charge in [-0.15, -0.1) is 0 Å². The molecule has 0 radical (unpaired) electrons. The number of piperazine rings is 1. The molecule has 0 N–H and O–H groups in total. The van der Waals surface area contributed by atoms with E-state index in [1.165, 1.54) is 0 Å². The lowest BCUT2D eigenvalue weighted by Crippen LogP contribution is -2.47. The lowest BCUT2D eigenvalue weighted by molar-refractivity contribution is -0.132. The molecular formula is C14H19BrN2O2. The molecule has 1 saturated heterocycles. The molecule has 5 heteroatoms. The van der Waals surface area contributed by atoms with Crippen LogP contribution in [0.3, 0.4) is 0 Å². The molecule has 0 atom stereocenters. The van der Waals surface area contributed by atoms with Crippen LogP contribution in [0.4, 0.5) is 0 Å². The maximum absolute atomic E-state index is 12.2. The van der Waals surface area contributed by atoms with Crippen molar-refractivity contribution in [1.82, 2.24) is 9.80 Å². The number of methoxy groups -OCH3 is 1. The summed E-state index contributed by atoms with van der Waals surface area (Å²) >= 11 is 3.44. The van der Waals surface area contributed by atoms with Gasteiger partial charge in [-0.05, 0) is 40.7 Å². The summed E-state index contributed by atoms with van der Waals surface area (Å²) in [6, 6.07) is 5.78. The highest BCUT2D eigenvalue weighted by Gasteiger charge is 2.19. The van der Waals surface area contributed by atoms with E-state index in [0.717, 1.165) is 42.0 Å². The highest BCUT2D eigenvalue weighted by atomic mass is 79.9. The quantitative estimate of drug-likeness (QED) is 0.848. The minimum Gasteiger partial charge on any atom is -0.496 e. The molecular weight excluding hydrogens is 308 g/mol. The topological polar surface area (TPSA) is 32.8 Å². The van der Waals surface area contributed by atoms with Gasteiger partial charge in [-0.1, -0.05) is 6.07 Å². The number of benzene rings is 1. The van der Waals surface area contributed by atoms with E-state index in [-0.39, 0.29) is 5.91 Å². The summed E-state index contributed by atoms with van der Waals surface area (Å²) in [5, 5.41) is 0. The van der Waals surface area contributed by atoms with E-state index < -0.39 is 0 Å². The summed E-state index contributed by atoms with van der Waals surface area (Å²) in [6.07, 6.45) is 0.451. The molecule has 4 nitrogen and oxygen atoms in total. The van der Waals surface area contributed by atoms with Crippen molar-refractivity contribution in [2.75, 3.05) is 40.3 Å². The molecule has 1 aromatic rings. The van der Waals surface area contributed by atoms with Crippen molar-refractivity contribution >= 4 is 21.8 Å². The van der Waals surface area contributed by atoms with Crippen LogP contribution in [0.15, 0.2) is 22.7 Å². The minimum atomic E-state index is 0.199. The van der Waals surface area contributed by atoms with Crippen molar-refractivity contribution in [3.63, 3.8) is 0 Å². The molecule has 0 aromatic heterocycles. The number of carbonyl (C=O) groups is 1. The van der Waals surface area contributed by atoms with E-state index in [4.69, 9.17) is 4.74 Å². The van der Waals surface area contributed by atoms with Gasteiger partial charge in [0.15, 0.2) is 0 Å².